The van der Waals surface area contributed by atoms with E-state index < -0.39 is 0 Å². The number of aliphatic hydroxyl groups excluding tert-OH is 1. The van der Waals surface area contributed by atoms with E-state index >= 15 is 0 Å². The number of hydrogen-bond donors (Lipinski definition) is 1. The Morgan fingerprint density at radius 1 is 1.44 bits per heavy atom. The van der Waals surface area contributed by atoms with Crippen molar-refractivity contribution in [2.45, 2.75) is 51.7 Å². The van der Waals surface area contributed by atoms with Crippen LogP contribution in [0.15, 0.2) is 12.3 Å². The van der Waals surface area contributed by atoms with Gasteiger partial charge in [0.05, 0.1) is 11.6 Å². The summed E-state index contributed by atoms with van der Waals surface area (Å²) in [4.78, 5) is 6.81. The molecule has 0 bridgehead atoms. The molecule has 1 unspecified atom stereocenters. The lowest BCUT2D eigenvalue weighted by molar-refractivity contribution is 0.282. The number of halogens is 1. The molecule has 0 aliphatic carbocycles. The number of aromatic nitrogens is 1. The number of anilines is 1. The summed E-state index contributed by atoms with van der Waals surface area (Å²) >= 11 is 6.00. The molecule has 1 atom stereocenters. The summed E-state index contributed by atoms with van der Waals surface area (Å²) in [7, 11) is 0. The van der Waals surface area contributed by atoms with E-state index in [1.54, 1.807) is 6.20 Å². The van der Waals surface area contributed by atoms with Crippen LogP contribution in [0.4, 0.5) is 5.82 Å². The second kappa shape index (κ2) is 6.39. The Morgan fingerprint density at radius 2 is 2.28 bits per heavy atom. The molecule has 1 aliphatic rings. The summed E-state index contributed by atoms with van der Waals surface area (Å²) < 4.78 is 0. The summed E-state index contributed by atoms with van der Waals surface area (Å²) in [5, 5.41) is 9.83. The number of aliphatic hydroxyl groups is 1. The normalized spacial score (nSPS) is 20.8. The Labute approximate surface area is 114 Å². The van der Waals surface area contributed by atoms with Crippen molar-refractivity contribution in [1.29, 1.82) is 0 Å². The van der Waals surface area contributed by atoms with Crippen LogP contribution in [0.2, 0.25) is 5.02 Å². The van der Waals surface area contributed by atoms with Crippen LogP contribution in [0.3, 0.4) is 0 Å². The first-order chi connectivity index (χ1) is 8.76. The lowest BCUT2D eigenvalue weighted by Crippen LogP contribution is -2.35. The minimum Gasteiger partial charge on any atom is -0.392 e. The van der Waals surface area contributed by atoms with E-state index in [0.717, 1.165) is 24.3 Å². The van der Waals surface area contributed by atoms with Crippen molar-refractivity contribution < 1.29 is 5.11 Å². The van der Waals surface area contributed by atoms with Gasteiger partial charge in [-0.2, -0.15) is 0 Å². The van der Waals surface area contributed by atoms with Gasteiger partial charge in [-0.25, -0.2) is 4.98 Å². The van der Waals surface area contributed by atoms with Crippen LogP contribution in [0.25, 0.3) is 0 Å². The summed E-state index contributed by atoms with van der Waals surface area (Å²) in [6.45, 7) is 3.25. The molecule has 2 heterocycles. The van der Waals surface area contributed by atoms with E-state index in [2.05, 4.69) is 16.8 Å². The Bertz CT molecular complexity index is 397. The molecule has 1 fully saturated rings. The predicted molar refractivity (Wildman–Crippen MR) is 75.1 cm³/mol. The second-order valence-electron chi connectivity index (χ2n) is 4.90. The van der Waals surface area contributed by atoms with Crippen LogP contribution in [0.1, 0.15) is 44.6 Å². The molecule has 0 radical (unpaired) electrons. The third-order valence-electron chi connectivity index (χ3n) is 3.73. The fraction of sp³-hybridized carbons (Fsp3) is 0.643. The van der Waals surface area contributed by atoms with Gasteiger partial charge >= 0.3 is 0 Å². The first kappa shape index (κ1) is 13.6. The molecule has 1 aliphatic heterocycles. The van der Waals surface area contributed by atoms with Crippen molar-refractivity contribution in [3.8, 4) is 0 Å². The van der Waals surface area contributed by atoms with Crippen LogP contribution in [-0.2, 0) is 6.61 Å². The highest BCUT2D eigenvalue weighted by Crippen LogP contribution is 2.27. The summed E-state index contributed by atoms with van der Waals surface area (Å²) in [6.07, 6.45) is 7.84. The minimum absolute atomic E-state index is 0.0288. The van der Waals surface area contributed by atoms with E-state index in [9.17, 15) is 5.11 Å². The van der Waals surface area contributed by atoms with E-state index in [1.807, 2.05) is 6.07 Å². The zero-order valence-corrected chi connectivity index (χ0v) is 11.7. The maximum atomic E-state index is 9.29. The SMILES string of the molecule is CCC1CCCCCN1c1cc(CO)c(Cl)cn1. The molecule has 1 aromatic rings. The third kappa shape index (κ3) is 2.96. The molecule has 0 amide bonds. The molecule has 18 heavy (non-hydrogen) atoms. The van der Waals surface area contributed by atoms with Gasteiger partial charge in [0.1, 0.15) is 5.82 Å². The molecule has 2 rings (SSSR count). The number of hydrogen-bond acceptors (Lipinski definition) is 3. The van der Waals surface area contributed by atoms with Gasteiger partial charge in [-0.15, -0.1) is 0 Å². The fourth-order valence-corrected chi connectivity index (χ4v) is 2.81. The highest BCUT2D eigenvalue weighted by atomic mass is 35.5. The van der Waals surface area contributed by atoms with Gasteiger partial charge in [-0.1, -0.05) is 31.4 Å². The van der Waals surface area contributed by atoms with Crippen molar-refractivity contribution in [2.75, 3.05) is 11.4 Å². The van der Waals surface area contributed by atoms with Gasteiger partial charge in [-0.05, 0) is 25.3 Å². The minimum atomic E-state index is -0.0288. The summed E-state index contributed by atoms with van der Waals surface area (Å²) in [6, 6.07) is 2.49. The standard InChI is InChI=1S/C14H21ClN2O/c1-2-12-6-4-3-5-7-17(12)14-8-11(10-18)13(15)9-16-14/h8-9,12,18H,2-7,10H2,1H3. The number of rotatable bonds is 3. The van der Waals surface area contributed by atoms with E-state index in [-0.39, 0.29) is 6.61 Å². The smallest absolute Gasteiger partial charge is 0.129 e. The molecule has 100 valence electrons. The Morgan fingerprint density at radius 3 is 3.00 bits per heavy atom. The van der Waals surface area contributed by atoms with E-state index in [1.165, 1.54) is 25.7 Å². The van der Waals surface area contributed by atoms with Crippen molar-refractivity contribution in [3.05, 3.63) is 22.8 Å². The van der Waals surface area contributed by atoms with Crippen LogP contribution in [-0.4, -0.2) is 22.7 Å². The molecule has 0 spiro atoms. The zero-order chi connectivity index (χ0) is 13.0. The molecule has 0 aromatic carbocycles. The monoisotopic (exact) mass is 268 g/mol. The van der Waals surface area contributed by atoms with Gasteiger partial charge < -0.3 is 10.0 Å². The number of pyridine rings is 1. The Kier molecular flexibility index (Phi) is 4.84. The molecule has 1 saturated heterocycles. The van der Waals surface area contributed by atoms with Gasteiger partial charge in [0.25, 0.3) is 0 Å². The molecule has 1 N–H and O–H groups in total. The first-order valence-electron chi connectivity index (χ1n) is 6.78. The Hall–Kier alpha value is -0.800. The maximum absolute atomic E-state index is 9.29. The van der Waals surface area contributed by atoms with Crippen molar-refractivity contribution >= 4 is 17.4 Å². The maximum Gasteiger partial charge on any atom is 0.129 e. The quantitative estimate of drug-likeness (QED) is 0.913. The van der Waals surface area contributed by atoms with E-state index in [4.69, 9.17) is 11.6 Å². The van der Waals surface area contributed by atoms with Gasteiger partial charge in [0.15, 0.2) is 0 Å². The van der Waals surface area contributed by atoms with Crippen molar-refractivity contribution in [3.63, 3.8) is 0 Å². The third-order valence-corrected chi connectivity index (χ3v) is 4.07. The molecule has 3 nitrogen and oxygen atoms in total. The predicted octanol–water partition coefficient (Wildman–Crippen LogP) is 3.39. The van der Waals surface area contributed by atoms with Crippen LogP contribution >= 0.6 is 11.6 Å². The topological polar surface area (TPSA) is 36.4 Å². The molecular formula is C14H21ClN2O. The van der Waals surface area contributed by atoms with Crippen molar-refractivity contribution in [1.82, 2.24) is 4.98 Å². The van der Waals surface area contributed by atoms with Gasteiger partial charge in [0.2, 0.25) is 0 Å². The first-order valence-corrected chi connectivity index (χ1v) is 7.16. The lowest BCUT2D eigenvalue weighted by atomic mass is 10.1. The highest BCUT2D eigenvalue weighted by Gasteiger charge is 2.21. The van der Waals surface area contributed by atoms with Crippen LogP contribution in [0.5, 0.6) is 0 Å². The zero-order valence-electron chi connectivity index (χ0n) is 10.9. The van der Waals surface area contributed by atoms with Gasteiger partial charge in [0, 0.05) is 24.3 Å². The summed E-state index contributed by atoms with van der Waals surface area (Å²) in [5.41, 5.74) is 0.765. The van der Waals surface area contributed by atoms with Crippen LogP contribution in [0, 0.1) is 0 Å². The number of nitrogens with zero attached hydrogens (tertiary/aromatic N) is 2. The fourth-order valence-electron chi connectivity index (χ4n) is 2.65. The lowest BCUT2D eigenvalue weighted by Gasteiger charge is -2.30. The average Bonchev–Trinajstić information content (AvgIpc) is 2.64. The molecule has 1 aromatic heterocycles. The van der Waals surface area contributed by atoms with E-state index in [0.29, 0.717) is 11.1 Å². The molecular weight excluding hydrogens is 248 g/mol. The second-order valence-corrected chi connectivity index (χ2v) is 5.30. The van der Waals surface area contributed by atoms with Crippen molar-refractivity contribution in [2.24, 2.45) is 0 Å². The largest absolute Gasteiger partial charge is 0.392 e. The molecule has 4 heteroatoms. The average molecular weight is 269 g/mol. The summed E-state index contributed by atoms with van der Waals surface area (Å²) in [5.74, 6) is 0.956. The van der Waals surface area contributed by atoms with Gasteiger partial charge in [-0.3, -0.25) is 0 Å². The highest BCUT2D eigenvalue weighted by molar-refractivity contribution is 6.31. The van der Waals surface area contributed by atoms with Crippen LogP contribution < -0.4 is 4.90 Å². The molecule has 0 saturated carbocycles. The Balaban J connectivity index is 2.26.